The Kier molecular flexibility index (Phi) is 9.02. The number of nitrogens with one attached hydrogen (secondary N) is 1. The molecule has 6 heteroatoms. The van der Waals surface area contributed by atoms with E-state index in [9.17, 15) is 0 Å². The van der Waals surface area contributed by atoms with E-state index in [1.54, 1.807) is 0 Å². The van der Waals surface area contributed by atoms with Gasteiger partial charge in [-0.25, -0.2) is 0 Å². The van der Waals surface area contributed by atoms with Gasteiger partial charge in [0.15, 0.2) is 0 Å². The third-order valence-electron chi connectivity index (χ3n) is 2.20. The summed E-state index contributed by atoms with van der Waals surface area (Å²) in [4.78, 5) is 0. The Labute approximate surface area is 106 Å². The molecule has 2 atom stereocenters. The van der Waals surface area contributed by atoms with Crippen molar-refractivity contribution in [2.24, 2.45) is 5.73 Å². The summed E-state index contributed by atoms with van der Waals surface area (Å²) >= 11 is 0. The maximum Gasteiger partial charge on any atom is 0.502 e. The van der Waals surface area contributed by atoms with Gasteiger partial charge in [-0.2, -0.15) is 0 Å². The molecule has 0 spiro atoms. The predicted octanol–water partition coefficient (Wildman–Crippen LogP) is 1.32. The zero-order valence-corrected chi connectivity index (χ0v) is 12.8. The van der Waals surface area contributed by atoms with Crippen LogP contribution in [0.3, 0.4) is 0 Å². The molecule has 0 rings (SSSR count). The molecule has 0 amide bonds. The van der Waals surface area contributed by atoms with Crippen LogP contribution < -0.4 is 11.1 Å². The average Bonchev–Trinajstić information content (AvgIpc) is 2.16. The monoisotopic (exact) mass is 264 g/mol. The summed E-state index contributed by atoms with van der Waals surface area (Å²) in [5.41, 5.74) is 5.72. The van der Waals surface area contributed by atoms with Crippen molar-refractivity contribution in [3.05, 3.63) is 0 Å². The van der Waals surface area contributed by atoms with Gasteiger partial charge in [-0.1, -0.05) is 0 Å². The van der Waals surface area contributed by atoms with Gasteiger partial charge in [0.2, 0.25) is 0 Å². The zero-order chi connectivity index (χ0) is 13.3. The van der Waals surface area contributed by atoms with Crippen LogP contribution in [0, 0.1) is 0 Å². The van der Waals surface area contributed by atoms with Crippen molar-refractivity contribution in [2.75, 3.05) is 19.8 Å². The van der Waals surface area contributed by atoms with Gasteiger partial charge < -0.3 is 19.0 Å². The SMILES string of the molecule is CCO[Si](CC(C)NC(C)N)(OCC)OCC. The topological polar surface area (TPSA) is 65.7 Å². The number of hydrogen-bond donors (Lipinski definition) is 2. The number of rotatable bonds is 10. The summed E-state index contributed by atoms with van der Waals surface area (Å²) in [6.07, 6.45) is -0.0402. The van der Waals surface area contributed by atoms with Crippen molar-refractivity contribution in [2.45, 2.75) is 52.9 Å². The van der Waals surface area contributed by atoms with Crippen molar-refractivity contribution in [1.29, 1.82) is 0 Å². The minimum absolute atomic E-state index is 0.0402. The third kappa shape index (κ3) is 7.12. The molecule has 104 valence electrons. The van der Waals surface area contributed by atoms with E-state index < -0.39 is 8.80 Å². The van der Waals surface area contributed by atoms with Crippen molar-refractivity contribution in [3.8, 4) is 0 Å². The largest absolute Gasteiger partial charge is 0.502 e. The molecule has 0 radical (unpaired) electrons. The zero-order valence-electron chi connectivity index (χ0n) is 11.8. The second-order valence-electron chi connectivity index (χ2n) is 4.04. The Morgan fingerprint density at radius 2 is 1.41 bits per heavy atom. The molecule has 0 bridgehead atoms. The summed E-state index contributed by atoms with van der Waals surface area (Å²) in [6, 6.07) is 0.954. The summed E-state index contributed by atoms with van der Waals surface area (Å²) < 4.78 is 17.3. The smallest absolute Gasteiger partial charge is 0.374 e. The molecule has 0 aromatic heterocycles. The van der Waals surface area contributed by atoms with E-state index in [2.05, 4.69) is 12.2 Å². The van der Waals surface area contributed by atoms with Crippen molar-refractivity contribution >= 4 is 8.80 Å². The van der Waals surface area contributed by atoms with Gasteiger partial charge in [0.25, 0.3) is 0 Å². The molecule has 0 aliphatic carbocycles. The second kappa shape index (κ2) is 9.01. The van der Waals surface area contributed by atoms with Gasteiger partial charge in [-0.15, -0.1) is 0 Å². The van der Waals surface area contributed by atoms with Crippen LogP contribution in [0.1, 0.15) is 34.6 Å². The van der Waals surface area contributed by atoms with Crippen LogP contribution >= 0.6 is 0 Å². The highest BCUT2D eigenvalue weighted by molar-refractivity contribution is 6.60. The fourth-order valence-corrected chi connectivity index (χ4v) is 4.64. The lowest BCUT2D eigenvalue weighted by molar-refractivity contribution is 0.0688. The summed E-state index contributed by atoms with van der Waals surface area (Å²) in [6.45, 7) is 11.7. The van der Waals surface area contributed by atoms with Gasteiger partial charge in [0, 0.05) is 31.9 Å². The first kappa shape index (κ1) is 17.0. The van der Waals surface area contributed by atoms with Gasteiger partial charge in [0.1, 0.15) is 0 Å². The highest BCUT2D eigenvalue weighted by Gasteiger charge is 2.41. The normalized spacial score (nSPS) is 15.9. The summed E-state index contributed by atoms with van der Waals surface area (Å²) in [5.74, 6) is 0. The second-order valence-corrected chi connectivity index (χ2v) is 6.68. The molecule has 0 saturated carbocycles. The van der Waals surface area contributed by atoms with Gasteiger partial charge in [-0.3, -0.25) is 5.32 Å². The fourth-order valence-electron chi connectivity index (χ4n) is 1.84. The summed E-state index contributed by atoms with van der Waals surface area (Å²) in [5, 5.41) is 3.25. The first-order chi connectivity index (χ1) is 7.99. The highest BCUT2D eigenvalue weighted by atomic mass is 28.4. The molecule has 17 heavy (non-hydrogen) atoms. The fraction of sp³-hybridized carbons (Fsp3) is 1.00. The van der Waals surface area contributed by atoms with E-state index >= 15 is 0 Å². The van der Waals surface area contributed by atoms with Crippen LogP contribution in [0.4, 0.5) is 0 Å². The minimum atomic E-state index is -2.54. The molecule has 0 saturated heterocycles. The number of hydrogen-bond acceptors (Lipinski definition) is 5. The molecule has 0 aliphatic rings. The Bertz CT molecular complexity index is 177. The molecule has 2 unspecified atom stereocenters. The van der Waals surface area contributed by atoms with Crippen molar-refractivity contribution in [3.63, 3.8) is 0 Å². The van der Waals surface area contributed by atoms with Crippen LogP contribution in [0.2, 0.25) is 6.04 Å². The minimum Gasteiger partial charge on any atom is -0.374 e. The molecule has 5 nitrogen and oxygen atoms in total. The maximum absolute atomic E-state index is 5.78. The third-order valence-corrected chi connectivity index (χ3v) is 5.49. The lowest BCUT2D eigenvalue weighted by Crippen LogP contribution is -2.52. The average molecular weight is 264 g/mol. The predicted molar refractivity (Wildman–Crippen MR) is 71.7 cm³/mol. The van der Waals surface area contributed by atoms with E-state index in [1.165, 1.54) is 0 Å². The molecule has 0 fully saturated rings. The van der Waals surface area contributed by atoms with Crippen LogP contribution in [-0.4, -0.2) is 40.8 Å². The van der Waals surface area contributed by atoms with Crippen LogP contribution in [0.25, 0.3) is 0 Å². The van der Waals surface area contributed by atoms with Gasteiger partial charge in [0.05, 0.1) is 6.17 Å². The lowest BCUT2D eigenvalue weighted by atomic mass is 10.4. The highest BCUT2D eigenvalue weighted by Crippen LogP contribution is 2.18. The number of nitrogens with two attached hydrogens (primary N) is 1. The van der Waals surface area contributed by atoms with E-state index in [-0.39, 0.29) is 12.2 Å². The Balaban J connectivity index is 4.51. The van der Waals surface area contributed by atoms with E-state index in [0.29, 0.717) is 19.8 Å². The molecule has 0 heterocycles. The van der Waals surface area contributed by atoms with E-state index in [0.717, 1.165) is 6.04 Å². The molecule has 0 aliphatic heterocycles. The molecule has 3 N–H and O–H groups in total. The van der Waals surface area contributed by atoms with Crippen LogP contribution in [0.5, 0.6) is 0 Å². The Hall–Kier alpha value is 0.0169. The van der Waals surface area contributed by atoms with Gasteiger partial charge in [-0.05, 0) is 34.6 Å². The first-order valence-corrected chi connectivity index (χ1v) is 8.36. The molecular weight excluding hydrogens is 236 g/mol. The first-order valence-electron chi connectivity index (χ1n) is 6.43. The van der Waals surface area contributed by atoms with E-state index in [4.69, 9.17) is 19.0 Å². The standard InChI is InChI=1S/C11H28N2O3Si/c1-6-14-17(15-7-2,16-8-3)9-10(4)13-11(5)12/h10-11,13H,6-9,12H2,1-5H3. The van der Waals surface area contributed by atoms with Crippen LogP contribution in [-0.2, 0) is 13.3 Å². The molecule has 0 aromatic rings. The lowest BCUT2D eigenvalue weighted by Gasteiger charge is -2.31. The molecular formula is C11H28N2O3Si. The van der Waals surface area contributed by atoms with Crippen LogP contribution in [0.15, 0.2) is 0 Å². The maximum atomic E-state index is 5.78. The van der Waals surface area contributed by atoms with Gasteiger partial charge >= 0.3 is 8.80 Å². The molecule has 0 aromatic carbocycles. The quantitative estimate of drug-likeness (QED) is 0.460. The van der Waals surface area contributed by atoms with Crippen molar-refractivity contribution < 1.29 is 13.3 Å². The Morgan fingerprint density at radius 1 is 1.00 bits per heavy atom. The van der Waals surface area contributed by atoms with E-state index in [1.807, 2.05) is 27.7 Å². The van der Waals surface area contributed by atoms with Crippen molar-refractivity contribution in [1.82, 2.24) is 5.32 Å². The Morgan fingerprint density at radius 3 is 1.71 bits per heavy atom. The summed E-state index contributed by atoms with van der Waals surface area (Å²) in [7, 11) is -2.54.